The van der Waals surface area contributed by atoms with Crippen molar-refractivity contribution in [1.29, 1.82) is 0 Å². The average molecular weight is 268 g/mol. The molecule has 3 N–H and O–H groups in total. The number of halogens is 2. The number of nitrogens with one attached hydrogen (secondary N) is 1. The number of hydrogen-bond donors (Lipinski definition) is 2. The summed E-state index contributed by atoms with van der Waals surface area (Å²) < 4.78 is 27.0. The van der Waals surface area contributed by atoms with Crippen molar-refractivity contribution in [3.05, 3.63) is 35.4 Å². The fraction of sp³-hybridized carbons (Fsp3) is 0.500. The molecule has 104 valence electrons. The Morgan fingerprint density at radius 3 is 2.47 bits per heavy atom. The Morgan fingerprint density at radius 2 is 1.79 bits per heavy atom. The zero-order chi connectivity index (χ0) is 13.8. The SMILES string of the molecule is NC1CCCCCC1NC(=O)c1c(F)cccc1F. The van der Waals surface area contributed by atoms with Crippen molar-refractivity contribution in [1.82, 2.24) is 5.32 Å². The Bertz CT molecular complexity index is 445. The highest BCUT2D eigenvalue weighted by Gasteiger charge is 2.25. The fourth-order valence-corrected chi connectivity index (χ4v) is 2.47. The standard InChI is InChI=1S/C14H18F2N2O/c15-9-5-4-6-10(16)13(9)14(19)18-12-8-3-1-2-7-11(12)17/h4-6,11-12H,1-3,7-8,17H2,(H,18,19). The Morgan fingerprint density at radius 1 is 1.16 bits per heavy atom. The van der Waals surface area contributed by atoms with E-state index in [0.29, 0.717) is 0 Å². The largest absolute Gasteiger partial charge is 0.348 e. The predicted octanol–water partition coefficient (Wildman–Crippen LogP) is 2.35. The molecule has 0 saturated heterocycles. The molecule has 1 aromatic rings. The zero-order valence-electron chi connectivity index (χ0n) is 10.7. The fourth-order valence-electron chi connectivity index (χ4n) is 2.47. The second-order valence-electron chi connectivity index (χ2n) is 4.98. The van der Waals surface area contributed by atoms with E-state index in [1.165, 1.54) is 6.07 Å². The van der Waals surface area contributed by atoms with E-state index in [1.807, 2.05) is 0 Å². The molecule has 1 aromatic carbocycles. The van der Waals surface area contributed by atoms with Crippen molar-refractivity contribution in [2.24, 2.45) is 5.73 Å². The summed E-state index contributed by atoms with van der Waals surface area (Å²) in [6, 6.07) is 3.02. The van der Waals surface area contributed by atoms with Gasteiger partial charge in [0, 0.05) is 12.1 Å². The van der Waals surface area contributed by atoms with Gasteiger partial charge in [-0.25, -0.2) is 8.78 Å². The molecule has 0 bridgehead atoms. The predicted molar refractivity (Wildman–Crippen MR) is 68.7 cm³/mol. The summed E-state index contributed by atoms with van der Waals surface area (Å²) in [5, 5.41) is 2.66. The van der Waals surface area contributed by atoms with E-state index >= 15 is 0 Å². The van der Waals surface area contributed by atoms with Crippen LogP contribution in [0, 0.1) is 11.6 Å². The lowest BCUT2D eigenvalue weighted by Crippen LogP contribution is -2.47. The van der Waals surface area contributed by atoms with Crippen LogP contribution in [0.15, 0.2) is 18.2 Å². The Labute approximate surface area is 111 Å². The Kier molecular flexibility index (Phi) is 4.47. The molecule has 1 saturated carbocycles. The lowest BCUT2D eigenvalue weighted by Gasteiger charge is -2.22. The van der Waals surface area contributed by atoms with Crippen LogP contribution >= 0.6 is 0 Å². The first kappa shape index (κ1) is 13.9. The second-order valence-corrected chi connectivity index (χ2v) is 4.98. The molecule has 1 aliphatic rings. The Balaban J connectivity index is 2.12. The summed E-state index contributed by atoms with van der Waals surface area (Å²) >= 11 is 0. The topological polar surface area (TPSA) is 55.1 Å². The molecule has 0 radical (unpaired) electrons. The molecule has 0 spiro atoms. The molecular formula is C14H18F2N2O. The molecule has 0 aromatic heterocycles. The third kappa shape index (κ3) is 3.29. The van der Waals surface area contributed by atoms with Gasteiger partial charge in [-0.05, 0) is 25.0 Å². The number of benzene rings is 1. The summed E-state index contributed by atoms with van der Waals surface area (Å²) in [7, 11) is 0. The van der Waals surface area contributed by atoms with Crippen molar-refractivity contribution in [3.63, 3.8) is 0 Å². The molecular weight excluding hydrogens is 250 g/mol. The van der Waals surface area contributed by atoms with Crippen LogP contribution < -0.4 is 11.1 Å². The zero-order valence-corrected chi connectivity index (χ0v) is 10.7. The van der Waals surface area contributed by atoms with E-state index in [-0.39, 0.29) is 12.1 Å². The normalized spacial score (nSPS) is 23.7. The van der Waals surface area contributed by atoms with Crippen molar-refractivity contribution < 1.29 is 13.6 Å². The van der Waals surface area contributed by atoms with Crippen molar-refractivity contribution in [3.8, 4) is 0 Å². The van der Waals surface area contributed by atoms with E-state index < -0.39 is 23.1 Å². The molecule has 19 heavy (non-hydrogen) atoms. The first-order valence-corrected chi connectivity index (χ1v) is 6.60. The third-order valence-electron chi connectivity index (χ3n) is 3.58. The van der Waals surface area contributed by atoms with Crippen LogP contribution in [0.25, 0.3) is 0 Å². The maximum Gasteiger partial charge on any atom is 0.257 e. The molecule has 2 unspecified atom stereocenters. The minimum Gasteiger partial charge on any atom is -0.348 e. The van der Waals surface area contributed by atoms with E-state index in [9.17, 15) is 13.6 Å². The van der Waals surface area contributed by atoms with Gasteiger partial charge in [0.2, 0.25) is 0 Å². The first-order valence-electron chi connectivity index (χ1n) is 6.60. The molecule has 0 heterocycles. The van der Waals surface area contributed by atoms with Gasteiger partial charge < -0.3 is 11.1 Å². The highest BCUT2D eigenvalue weighted by atomic mass is 19.1. The van der Waals surface area contributed by atoms with E-state index in [4.69, 9.17) is 5.73 Å². The van der Waals surface area contributed by atoms with E-state index in [0.717, 1.165) is 44.2 Å². The van der Waals surface area contributed by atoms with Crippen LogP contribution in [-0.2, 0) is 0 Å². The number of amides is 1. The number of carbonyl (C=O) groups is 1. The first-order chi connectivity index (χ1) is 9.09. The molecule has 1 aliphatic carbocycles. The van der Waals surface area contributed by atoms with E-state index in [1.54, 1.807) is 0 Å². The highest BCUT2D eigenvalue weighted by molar-refractivity contribution is 5.95. The van der Waals surface area contributed by atoms with Crippen LogP contribution in [-0.4, -0.2) is 18.0 Å². The summed E-state index contributed by atoms with van der Waals surface area (Å²) in [6.07, 6.45) is 4.65. The molecule has 5 heteroatoms. The van der Waals surface area contributed by atoms with Crippen LogP contribution in [0.4, 0.5) is 8.78 Å². The third-order valence-corrected chi connectivity index (χ3v) is 3.58. The van der Waals surface area contributed by atoms with Gasteiger partial charge in [-0.2, -0.15) is 0 Å². The van der Waals surface area contributed by atoms with Gasteiger partial charge in [-0.15, -0.1) is 0 Å². The van der Waals surface area contributed by atoms with Crippen molar-refractivity contribution >= 4 is 5.91 Å². The molecule has 2 atom stereocenters. The van der Waals surface area contributed by atoms with Gasteiger partial charge in [-0.1, -0.05) is 25.3 Å². The number of carbonyl (C=O) groups excluding carboxylic acids is 1. The van der Waals surface area contributed by atoms with Gasteiger partial charge in [-0.3, -0.25) is 4.79 Å². The van der Waals surface area contributed by atoms with E-state index in [2.05, 4.69) is 5.32 Å². The maximum atomic E-state index is 13.5. The molecule has 3 nitrogen and oxygen atoms in total. The van der Waals surface area contributed by atoms with Gasteiger partial charge in [0.15, 0.2) is 0 Å². The molecule has 1 fully saturated rings. The van der Waals surface area contributed by atoms with Crippen molar-refractivity contribution in [2.75, 3.05) is 0 Å². The molecule has 1 amide bonds. The lowest BCUT2D eigenvalue weighted by molar-refractivity contribution is 0.0920. The minimum atomic E-state index is -0.848. The highest BCUT2D eigenvalue weighted by Crippen LogP contribution is 2.18. The van der Waals surface area contributed by atoms with Crippen LogP contribution in [0.2, 0.25) is 0 Å². The minimum absolute atomic E-state index is 0.152. The number of nitrogens with two attached hydrogens (primary N) is 1. The number of hydrogen-bond acceptors (Lipinski definition) is 2. The maximum absolute atomic E-state index is 13.5. The monoisotopic (exact) mass is 268 g/mol. The van der Waals surface area contributed by atoms with Gasteiger partial charge in [0.05, 0.1) is 0 Å². The van der Waals surface area contributed by atoms with Crippen LogP contribution in [0.3, 0.4) is 0 Å². The van der Waals surface area contributed by atoms with Gasteiger partial charge in [0.25, 0.3) is 5.91 Å². The second kappa shape index (κ2) is 6.10. The van der Waals surface area contributed by atoms with Crippen LogP contribution in [0.5, 0.6) is 0 Å². The number of rotatable bonds is 2. The summed E-state index contributed by atoms with van der Waals surface area (Å²) in [5.41, 5.74) is 5.45. The lowest BCUT2D eigenvalue weighted by atomic mass is 10.0. The average Bonchev–Trinajstić information content (AvgIpc) is 2.55. The summed E-state index contributed by atoms with van der Waals surface area (Å²) in [5.74, 6) is -2.42. The van der Waals surface area contributed by atoms with Gasteiger partial charge >= 0.3 is 0 Å². The summed E-state index contributed by atoms with van der Waals surface area (Å²) in [6.45, 7) is 0. The molecule has 2 rings (SSSR count). The smallest absolute Gasteiger partial charge is 0.257 e. The molecule has 0 aliphatic heterocycles. The van der Waals surface area contributed by atoms with Crippen molar-refractivity contribution in [2.45, 2.75) is 44.2 Å². The summed E-state index contributed by atoms with van der Waals surface area (Å²) in [4.78, 5) is 12.0. The van der Waals surface area contributed by atoms with Gasteiger partial charge in [0.1, 0.15) is 17.2 Å². The van der Waals surface area contributed by atoms with Crippen LogP contribution in [0.1, 0.15) is 42.5 Å². The Hall–Kier alpha value is -1.49. The quantitative estimate of drug-likeness (QED) is 0.809.